The second-order valence-corrected chi connectivity index (χ2v) is 4.67. The zero-order valence-electron chi connectivity index (χ0n) is 10.9. The Morgan fingerprint density at radius 1 is 1.37 bits per heavy atom. The van der Waals surface area contributed by atoms with E-state index in [1.54, 1.807) is 0 Å². The molecule has 0 saturated carbocycles. The Balaban J connectivity index is 1.77. The number of benzene rings is 1. The normalized spacial score (nSPS) is 12.6. The second-order valence-electron chi connectivity index (χ2n) is 4.24. The predicted molar refractivity (Wildman–Crippen MR) is 72.3 cm³/mol. The number of hydrogen-bond acceptors (Lipinski definition) is 5. The van der Waals surface area contributed by atoms with Crippen LogP contribution in [0.4, 0.5) is 0 Å². The molecule has 1 unspecified atom stereocenters. The lowest BCUT2D eigenvalue weighted by Crippen LogP contribution is -2.27. The summed E-state index contributed by atoms with van der Waals surface area (Å²) >= 11 is 5.81. The first kappa shape index (κ1) is 13.8. The summed E-state index contributed by atoms with van der Waals surface area (Å²) in [5, 5.41) is 4.31. The largest absolute Gasteiger partial charge is 0.492 e. The van der Waals surface area contributed by atoms with Gasteiger partial charge in [0.2, 0.25) is 5.89 Å². The molecule has 6 heteroatoms. The molecule has 2 rings (SSSR count). The maximum absolute atomic E-state index is 5.81. The van der Waals surface area contributed by atoms with Gasteiger partial charge in [0, 0.05) is 11.6 Å². The fraction of sp³-hybridized carbons (Fsp3) is 0.385. The highest BCUT2D eigenvalue weighted by atomic mass is 35.5. The maximum atomic E-state index is 5.81. The van der Waals surface area contributed by atoms with Gasteiger partial charge in [-0.05, 0) is 38.2 Å². The molecule has 1 heterocycles. The second kappa shape index (κ2) is 6.54. The third-order valence-corrected chi connectivity index (χ3v) is 3.18. The van der Waals surface area contributed by atoms with Crippen LogP contribution in [0, 0.1) is 0 Å². The molecular weight excluding hydrogens is 266 g/mol. The Hall–Kier alpha value is -1.59. The van der Waals surface area contributed by atoms with Gasteiger partial charge in [-0.2, -0.15) is 4.98 Å². The predicted octanol–water partition coefficient (Wildman–Crippen LogP) is 2.79. The highest BCUT2D eigenvalue weighted by molar-refractivity contribution is 6.30. The summed E-state index contributed by atoms with van der Waals surface area (Å²) in [4.78, 5) is 6.12. The molecule has 0 aliphatic rings. The highest BCUT2D eigenvalue weighted by Crippen LogP contribution is 2.17. The third kappa shape index (κ3) is 3.94. The third-order valence-electron chi connectivity index (χ3n) is 2.92. The molecule has 102 valence electrons. The monoisotopic (exact) mass is 281 g/mol. The Labute approximate surface area is 117 Å². The van der Waals surface area contributed by atoms with E-state index in [9.17, 15) is 0 Å². The van der Waals surface area contributed by atoms with Crippen LogP contribution >= 0.6 is 11.6 Å². The van der Waals surface area contributed by atoms with Crippen molar-refractivity contribution < 1.29 is 9.26 Å². The van der Waals surface area contributed by atoms with Crippen LogP contribution in [0.1, 0.15) is 18.9 Å². The summed E-state index contributed by atoms with van der Waals surface area (Å²) in [7, 11) is 1.99. The van der Waals surface area contributed by atoms with E-state index in [1.807, 2.05) is 38.2 Å². The molecule has 0 aliphatic heterocycles. The number of ether oxygens (including phenoxy) is 1. The van der Waals surface area contributed by atoms with Crippen molar-refractivity contribution in [3.8, 4) is 5.75 Å². The van der Waals surface area contributed by atoms with Crippen LogP contribution in [0.3, 0.4) is 0 Å². The minimum absolute atomic E-state index is 0.0660. The fourth-order valence-electron chi connectivity index (χ4n) is 1.59. The average Bonchev–Trinajstić information content (AvgIpc) is 2.94. The van der Waals surface area contributed by atoms with Gasteiger partial charge in [0.1, 0.15) is 12.4 Å². The van der Waals surface area contributed by atoms with Crippen LogP contribution in [0.15, 0.2) is 35.1 Å². The topological polar surface area (TPSA) is 51.4 Å². The summed E-state index contributed by atoms with van der Waals surface area (Å²) in [5.41, 5.74) is 0. The standard InChI is InChI=1S/C13H16ClN3O2/c1-10(13-15-9-16-19-13)17(2)7-8-18-12-5-3-11(14)4-6-12/h3-6,9-10H,7-8H2,1-2H3. The average molecular weight is 282 g/mol. The van der Waals surface area contributed by atoms with Gasteiger partial charge in [0.25, 0.3) is 0 Å². The molecule has 0 aliphatic carbocycles. The molecule has 0 fully saturated rings. The molecule has 0 bridgehead atoms. The Morgan fingerprint density at radius 3 is 2.74 bits per heavy atom. The first-order valence-electron chi connectivity index (χ1n) is 6.02. The number of nitrogens with zero attached hydrogens (tertiary/aromatic N) is 3. The van der Waals surface area contributed by atoms with Gasteiger partial charge in [-0.3, -0.25) is 4.90 Å². The van der Waals surface area contributed by atoms with Gasteiger partial charge in [-0.1, -0.05) is 16.8 Å². The Morgan fingerprint density at radius 2 is 2.11 bits per heavy atom. The van der Waals surface area contributed by atoms with E-state index in [2.05, 4.69) is 15.0 Å². The number of hydrogen-bond donors (Lipinski definition) is 0. The molecule has 0 saturated heterocycles. The summed E-state index contributed by atoms with van der Waals surface area (Å²) in [6.07, 6.45) is 1.41. The van der Waals surface area contributed by atoms with Crippen molar-refractivity contribution in [2.75, 3.05) is 20.2 Å². The molecule has 0 amide bonds. The number of rotatable bonds is 6. The smallest absolute Gasteiger partial charge is 0.243 e. The van der Waals surface area contributed by atoms with E-state index >= 15 is 0 Å². The molecule has 2 aromatic rings. The van der Waals surface area contributed by atoms with Crippen molar-refractivity contribution in [1.29, 1.82) is 0 Å². The van der Waals surface area contributed by atoms with Crippen molar-refractivity contribution >= 4 is 11.6 Å². The van der Waals surface area contributed by atoms with Gasteiger partial charge >= 0.3 is 0 Å². The SMILES string of the molecule is CC(c1ncno1)N(C)CCOc1ccc(Cl)cc1. The summed E-state index contributed by atoms with van der Waals surface area (Å²) in [6, 6.07) is 7.38. The fourth-order valence-corrected chi connectivity index (χ4v) is 1.71. The molecule has 1 aromatic heterocycles. The Bertz CT molecular complexity index is 487. The molecular formula is C13H16ClN3O2. The van der Waals surface area contributed by atoms with Crippen molar-refractivity contribution in [3.05, 3.63) is 41.5 Å². The molecule has 1 aromatic carbocycles. The number of aromatic nitrogens is 2. The molecule has 0 N–H and O–H groups in total. The zero-order chi connectivity index (χ0) is 13.7. The zero-order valence-corrected chi connectivity index (χ0v) is 11.7. The first-order chi connectivity index (χ1) is 9.16. The van der Waals surface area contributed by atoms with Gasteiger partial charge in [0.05, 0.1) is 6.04 Å². The van der Waals surface area contributed by atoms with E-state index in [4.69, 9.17) is 20.9 Å². The van der Waals surface area contributed by atoms with Gasteiger partial charge in [-0.25, -0.2) is 0 Å². The van der Waals surface area contributed by atoms with Crippen LogP contribution in [0.5, 0.6) is 5.75 Å². The Kier molecular flexibility index (Phi) is 4.76. The van der Waals surface area contributed by atoms with Gasteiger partial charge < -0.3 is 9.26 Å². The lowest BCUT2D eigenvalue weighted by atomic mass is 10.3. The summed E-state index contributed by atoms with van der Waals surface area (Å²) in [5.74, 6) is 1.41. The molecule has 0 radical (unpaired) electrons. The van der Waals surface area contributed by atoms with Crippen LogP contribution in [-0.2, 0) is 0 Å². The molecule has 1 atom stereocenters. The highest BCUT2D eigenvalue weighted by Gasteiger charge is 2.16. The van der Waals surface area contributed by atoms with E-state index in [0.717, 1.165) is 12.3 Å². The lowest BCUT2D eigenvalue weighted by Gasteiger charge is -2.21. The van der Waals surface area contributed by atoms with Crippen LogP contribution in [-0.4, -0.2) is 35.2 Å². The van der Waals surface area contributed by atoms with Crippen molar-refractivity contribution in [1.82, 2.24) is 15.0 Å². The van der Waals surface area contributed by atoms with Crippen LogP contribution in [0.25, 0.3) is 0 Å². The van der Waals surface area contributed by atoms with Gasteiger partial charge in [-0.15, -0.1) is 0 Å². The maximum Gasteiger partial charge on any atom is 0.243 e. The van der Waals surface area contributed by atoms with Crippen LogP contribution < -0.4 is 4.74 Å². The summed E-state index contributed by atoms with van der Waals surface area (Å²) < 4.78 is 10.7. The molecule has 5 nitrogen and oxygen atoms in total. The van der Waals surface area contributed by atoms with E-state index in [1.165, 1.54) is 6.33 Å². The number of likely N-dealkylation sites (N-methyl/N-ethyl adjacent to an activating group) is 1. The summed E-state index contributed by atoms with van der Waals surface area (Å²) in [6.45, 7) is 3.35. The van der Waals surface area contributed by atoms with Crippen molar-refractivity contribution in [3.63, 3.8) is 0 Å². The number of halogens is 1. The molecule has 0 spiro atoms. The first-order valence-corrected chi connectivity index (χ1v) is 6.40. The van der Waals surface area contributed by atoms with Crippen molar-refractivity contribution in [2.45, 2.75) is 13.0 Å². The molecule has 19 heavy (non-hydrogen) atoms. The van der Waals surface area contributed by atoms with E-state index < -0.39 is 0 Å². The quantitative estimate of drug-likeness (QED) is 0.815. The van der Waals surface area contributed by atoms with Crippen molar-refractivity contribution in [2.24, 2.45) is 0 Å². The minimum Gasteiger partial charge on any atom is -0.492 e. The van der Waals surface area contributed by atoms with Gasteiger partial charge in [0.15, 0.2) is 6.33 Å². The minimum atomic E-state index is 0.0660. The lowest BCUT2D eigenvalue weighted by molar-refractivity contribution is 0.174. The van der Waals surface area contributed by atoms with E-state index in [-0.39, 0.29) is 6.04 Å². The van der Waals surface area contributed by atoms with Crippen LogP contribution in [0.2, 0.25) is 5.02 Å². The van der Waals surface area contributed by atoms with E-state index in [0.29, 0.717) is 17.5 Å².